The summed E-state index contributed by atoms with van der Waals surface area (Å²) >= 11 is 0. The number of imidazole rings is 1. The van der Waals surface area contributed by atoms with Crippen molar-refractivity contribution in [1.29, 1.82) is 0 Å². The number of carbonyl (C=O) groups excluding carboxylic acids is 2. The van der Waals surface area contributed by atoms with Crippen LogP contribution in [0.2, 0.25) is 0 Å². The highest BCUT2D eigenvalue weighted by Crippen LogP contribution is 2.47. The SMILES string of the molecule is CCCCCOC(=O)C(C)(C)N[P@](=O)(OCOC(C)Cn1cnc2c(N)ncnc21)OC(C)C(=O)OC1CCCC1. The van der Waals surface area contributed by atoms with Crippen LogP contribution in [0.5, 0.6) is 0 Å². The average Bonchev–Trinajstić information content (AvgIpc) is 3.57. The summed E-state index contributed by atoms with van der Waals surface area (Å²) in [6.07, 6.45) is 7.16. The van der Waals surface area contributed by atoms with Gasteiger partial charge in [0.1, 0.15) is 23.5 Å². The van der Waals surface area contributed by atoms with Crippen molar-refractivity contribution in [2.24, 2.45) is 0 Å². The maximum atomic E-state index is 13.9. The number of esters is 2. The molecule has 1 fully saturated rings. The fourth-order valence-electron chi connectivity index (χ4n) is 4.27. The molecule has 0 aliphatic heterocycles. The smallest absolute Gasteiger partial charge is 0.409 e. The number of anilines is 1. The van der Waals surface area contributed by atoms with Crippen molar-refractivity contribution < 1.29 is 37.4 Å². The molecule has 1 aliphatic rings. The molecule has 3 atom stereocenters. The monoisotopic (exact) mass is 598 g/mol. The molecule has 3 N–H and O–H groups in total. The van der Waals surface area contributed by atoms with Crippen molar-refractivity contribution in [1.82, 2.24) is 24.6 Å². The van der Waals surface area contributed by atoms with E-state index in [4.69, 9.17) is 29.0 Å². The van der Waals surface area contributed by atoms with Crippen molar-refractivity contribution in [3.8, 4) is 0 Å². The van der Waals surface area contributed by atoms with Crippen molar-refractivity contribution in [2.45, 2.75) is 110 Å². The van der Waals surface area contributed by atoms with Crippen molar-refractivity contribution >= 4 is 36.7 Å². The van der Waals surface area contributed by atoms with E-state index in [9.17, 15) is 14.2 Å². The van der Waals surface area contributed by atoms with E-state index >= 15 is 0 Å². The molecule has 14 nitrogen and oxygen atoms in total. The van der Waals surface area contributed by atoms with E-state index in [-0.39, 0.29) is 18.5 Å². The molecule has 3 rings (SSSR count). The number of nitrogens with zero attached hydrogens (tertiary/aromatic N) is 4. The van der Waals surface area contributed by atoms with Gasteiger partial charge in [-0.2, -0.15) is 0 Å². The summed E-state index contributed by atoms with van der Waals surface area (Å²) in [5.74, 6) is -1.03. The van der Waals surface area contributed by atoms with Crippen LogP contribution in [0.3, 0.4) is 0 Å². The van der Waals surface area contributed by atoms with Gasteiger partial charge in [-0.25, -0.2) is 29.4 Å². The number of aromatic nitrogens is 4. The third-order valence-electron chi connectivity index (χ3n) is 6.58. The molecule has 1 aliphatic carbocycles. The number of nitrogens with one attached hydrogen (secondary N) is 1. The van der Waals surface area contributed by atoms with Gasteiger partial charge >= 0.3 is 19.7 Å². The van der Waals surface area contributed by atoms with E-state index in [1.165, 1.54) is 27.1 Å². The van der Waals surface area contributed by atoms with Gasteiger partial charge in [0, 0.05) is 0 Å². The Morgan fingerprint density at radius 2 is 1.93 bits per heavy atom. The van der Waals surface area contributed by atoms with Crippen LogP contribution in [0.1, 0.15) is 79.6 Å². The molecule has 2 aromatic heterocycles. The molecule has 230 valence electrons. The summed E-state index contributed by atoms with van der Waals surface area (Å²) in [5.41, 5.74) is 5.40. The number of nitrogens with two attached hydrogens (primary N) is 1. The number of nitrogen functional groups attached to an aromatic ring is 1. The Hall–Kier alpha value is -2.64. The summed E-state index contributed by atoms with van der Waals surface area (Å²) < 4.78 is 43.4. The molecule has 0 aromatic carbocycles. The average molecular weight is 599 g/mol. The van der Waals surface area contributed by atoms with E-state index in [1.54, 1.807) is 17.8 Å². The largest absolute Gasteiger partial charge is 0.464 e. The van der Waals surface area contributed by atoms with Crippen molar-refractivity contribution in [3.05, 3.63) is 12.7 Å². The Bertz CT molecular complexity index is 1200. The zero-order valence-corrected chi connectivity index (χ0v) is 25.4. The number of rotatable bonds is 17. The topological polar surface area (TPSA) is 179 Å². The molecule has 0 radical (unpaired) electrons. The summed E-state index contributed by atoms with van der Waals surface area (Å²) in [5, 5.41) is 2.64. The molecule has 0 amide bonds. The number of carbonyl (C=O) groups is 2. The number of unbranched alkanes of at least 4 members (excludes halogenated alkanes) is 2. The lowest BCUT2D eigenvalue weighted by atomic mass is 10.1. The van der Waals surface area contributed by atoms with Crippen LogP contribution >= 0.6 is 7.75 Å². The van der Waals surface area contributed by atoms with Gasteiger partial charge in [0.2, 0.25) is 0 Å². The minimum atomic E-state index is -4.30. The first-order valence-electron chi connectivity index (χ1n) is 14.1. The van der Waals surface area contributed by atoms with Crippen LogP contribution in [-0.2, 0) is 44.0 Å². The van der Waals surface area contributed by atoms with Gasteiger partial charge in [0.05, 0.1) is 25.6 Å². The summed E-state index contributed by atoms with van der Waals surface area (Å²) in [6.45, 7) is 8.32. The molecule has 2 aromatic rings. The van der Waals surface area contributed by atoms with Gasteiger partial charge in [-0.15, -0.1) is 0 Å². The summed E-state index contributed by atoms with van der Waals surface area (Å²) in [6, 6.07) is 0. The van der Waals surface area contributed by atoms with E-state index in [2.05, 4.69) is 20.0 Å². The maximum Gasteiger partial charge on any atom is 0.409 e. The predicted octanol–water partition coefficient (Wildman–Crippen LogP) is 3.89. The van der Waals surface area contributed by atoms with Crippen LogP contribution in [0.15, 0.2) is 12.7 Å². The van der Waals surface area contributed by atoms with Crippen LogP contribution in [0, 0.1) is 0 Å². The Labute approximate surface area is 240 Å². The highest BCUT2D eigenvalue weighted by atomic mass is 31.2. The van der Waals surface area contributed by atoms with E-state index in [0.29, 0.717) is 24.1 Å². The first-order valence-corrected chi connectivity index (χ1v) is 15.6. The quantitative estimate of drug-likeness (QED) is 0.116. The predicted molar refractivity (Wildman–Crippen MR) is 150 cm³/mol. The summed E-state index contributed by atoms with van der Waals surface area (Å²) in [4.78, 5) is 37.8. The second-order valence-corrected chi connectivity index (χ2v) is 12.4. The van der Waals surface area contributed by atoms with Gasteiger partial charge in [-0.1, -0.05) is 19.8 Å². The number of fused-ring (bicyclic) bond motifs is 1. The van der Waals surface area contributed by atoms with Gasteiger partial charge in [-0.3, -0.25) is 13.8 Å². The van der Waals surface area contributed by atoms with Crippen LogP contribution in [0.25, 0.3) is 11.2 Å². The zero-order valence-electron chi connectivity index (χ0n) is 24.5. The summed E-state index contributed by atoms with van der Waals surface area (Å²) in [7, 11) is -4.30. The second kappa shape index (κ2) is 15.0. The first-order chi connectivity index (χ1) is 19.4. The molecule has 1 saturated carbocycles. The molecule has 41 heavy (non-hydrogen) atoms. The first kappa shape index (κ1) is 32.9. The minimum Gasteiger partial charge on any atom is -0.464 e. The van der Waals surface area contributed by atoms with Crippen molar-refractivity contribution in [2.75, 3.05) is 19.1 Å². The van der Waals surface area contributed by atoms with Gasteiger partial charge in [0.15, 0.2) is 24.4 Å². The van der Waals surface area contributed by atoms with Crippen LogP contribution in [0.4, 0.5) is 5.82 Å². The lowest BCUT2D eigenvalue weighted by Gasteiger charge is -2.30. The zero-order chi connectivity index (χ0) is 30.0. The molecular weight excluding hydrogens is 555 g/mol. The second-order valence-electron chi connectivity index (χ2n) is 10.7. The van der Waals surface area contributed by atoms with Crippen molar-refractivity contribution in [3.63, 3.8) is 0 Å². The maximum absolute atomic E-state index is 13.9. The number of hydrogen-bond acceptors (Lipinski definition) is 12. The highest BCUT2D eigenvalue weighted by Gasteiger charge is 2.42. The number of ether oxygens (including phenoxy) is 3. The third-order valence-corrected chi connectivity index (χ3v) is 8.45. The normalized spacial score (nSPS) is 17.3. The third kappa shape index (κ3) is 9.71. The lowest BCUT2D eigenvalue weighted by molar-refractivity contribution is -0.157. The van der Waals surface area contributed by atoms with Gasteiger partial charge in [0.25, 0.3) is 0 Å². The Balaban J connectivity index is 1.64. The van der Waals surface area contributed by atoms with E-state index in [0.717, 1.165) is 38.5 Å². The fourth-order valence-corrected chi connectivity index (χ4v) is 5.93. The van der Waals surface area contributed by atoms with E-state index in [1.807, 2.05) is 6.92 Å². The Morgan fingerprint density at radius 1 is 1.20 bits per heavy atom. The molecule has 0 bridgehead atoms. The molecule has 2 heterocycles. The molecule has 2 unspecified atom stereocenters. The highest BCUT2D eigenvalue weighted by molar-refractivity contribution is 7.51. The standard InChI is InChI=1S/C26H43N6O8P/c1-6-7-10-13-36-25(34)26(4,5)31-41(35,40-19(3)24(33)39-20-11-8-9-12-20)38-17-37-18(2)14-32-16-30-21-22(27)28-15-29-23(21)32/h15-16,18-20H,6-14,17H2,1-5H3,(H,31,35)(H2,27,28,29)/t18?,19?,41-/m0/s1. The molecule has 0 spiro atoms. The molecular formula is C26H43N6O8P. The molecule has 15 heteroatoms. The van der Waals surface area contributed by atoms with E-state index < -0.39 is 44.2 Å². The van der Waals surface area contributed by atoms with Crippen LogP contribution in [-0.4, -0.2) is 68.7 Å². The Kier molecular flexibility index (Phi) is 12.0. The van der Waals surface area contributed by atoms with Gasteiger partial charge < -0.3 is 24.5 Å². The lowest BCUT2D eigenvalue weighted by Crippen LogP contribution is -2.47. The minimum absolute atomic E-state index is 0.194. The number of hydrogen-bond donors (Lipinski definition) is 2. The van der Waals surface area contributed by atoms with Crippen LogP contribution < -0.4 is 10.8 Å². The fraction of sp³-hybridized carbons (Fsp3) is 0.731. The van der Waals surface area contributed by atoms with Gasteiger partial charge in [-0.05, 0) is 59.8 Å². The Morgan fingerprint density at radius 3 is 2.63 bits per heavy atom. The molecule has 0 saturated heterocycles.